The van der Waals surface area contributed by atoms with Gasteiger partial charge in [0.15, 0.2) is 12.6 Å². The molecule has 0 amide bonds. The van der Waals surface area contributed by atoms with Gasteiger partial charge < -0.3 is 28.8 Å². The predicted octanol–water partition coefficient (Wildman–Crippen LogP) is 6.48. The molecule has 0 aromatic carbocycles. The summed E-state index contributed by atoms with van der Waals surface area (Å²) >= 11 is 0. The summed E-state index contributed by atoms with van der Waals surface area (Å²) in [7, 11) is 1.42. The van der Waals surface area contributed by atoms with E-state index in [0.717, 1.165) is 77.4 Å². The number of hydrogen-bond acceptors (Lipinski definition) is 7. The molecule has 1 aliphatic carbocycles. The summed E-state index contributed by atoms with van der Waals surface area (Å²) < 4.78 is 29.6. The molecule has 3 fully saturated rings. The second-order valence-corrected chi connectivity index (χ2v) is 11.6. The number of unbranched alkanes of at least 4 members (excludes halogenated alkanes) is 2. The topological polar surface area (TPSA) is 83.5 Å². The number of carbonyl (C=O) groups is 1. The van der Waals surface area contributed by atoms with Crippen molar-refractivity contribution < 1.29 is 33.6 Å². The van der Waals surface area contributed by atoms with E-state index < -0.39 is 6.10 Å². The first-order valence-corrected chi connectivity index (χ1v) is 15.6. The third-order valence-corrected chi connectivity index (χ3v) is 8.45. The van der Waals surface area contributed by atoms with Crippen LogP contribution in [0.25, 0.3) is 0 Å². The van der Waals surface area contributed by atoms with Crippen molar-refractivity contribution in [2.24, 2.45) is 17.8 Å². The Morgan fingerprint density at radius 1 is 1.05 bits per heavy atom. The lowest BCUT2D eigenvalue weighted by molar-refractivity contribution is -0.193. The molecule has 8 atom stereocenters. The fourth-order valence-electron chi connectivity index (χ4n) is 5.97. The standard InChI is InChI=1S/C32H54O7/c1-4-5-14-24(2)28(38-31-17-10-12-21-36-31)20-19-26-25(15-8-6-7-9-16-30(34)35-3)27(33)23-29(26)39-32-18-11-13-22-37-32/h6,8,19-20,24-29,31-33H,4-5,7,9-18,21-23H2,1-3H3/b8-6-,20-19+/t24?,25-,26-,27-,28-,29-,31?,32?/m1/s1. The number of aliphatic hydroxyl groups is 1. The maximum absolute atomic E-state index is 11.4. The highest BCUT2D eigenvalue weighted by Crippen LogP contribution is 2.40. The van der Waals surface area contributed by atoms with Crippen LogP contribution in [0, 0.1) is 17.8 Å². The summed E-state index contributed by atoms with van der Waals surface area (Å²) in [6.45, 7) is 6.01. The van der Waals surface area contributed by atoms with E-state index in [1.807, 2.05) is 0 Å². The summed E-state index contributed by atoms with van der Waals surface area (Å²) in [6, 6.07) is 0. The predicted molar refractivity (Wildman–Crippen MR) is 152 cm³/mol. The summed E-state index contributed by atoms with van der Waals surface area (Å²) in [5, 5.41) is 11.1. The minimum atomic E-state index is -0.438. The number of hydrogen-bond donors (Lipinski definition) is 1. The van der Waals surface area contributed by atoms with Crippen LogP contribution in [0.3, 0.4) is 0 Å². The maximum Gasteiger partial charge on any atom is 0.305 e. The van der Waals surface area contributed by atoms with Crippen molar-refractivity contribution >= 4 is 5.97 Å². The molecule has 2 heterocycles. The maximum atomic E-state index is 11.4. The second kappa shape index (κ2) is 18.2. The van der Waals surface area contributed by atoms with Crippen LogP contribution in [0.4, 0.5) is 0 Å². The van der Waals surface area contributed by atoms with Gasteiger partial charge in [-0.2, -0.15) is 0 Å². The summed E-state index contributed by atoms with van der Waals surface area (Å²) in [6.07, 6.45) is 21.0. The van der Waals surface area contributed by atoms with Gasteiger partial charge in [0.1, 0.15) is 0 Å². The zero-order chi connectivity index (χ0) is 27.9. The quantitative estimate of drug-likeness (QED) is 0.134. The Kier molecular flexibility index (Phi) is 15.1. The molecule has 224 valence electrons. The Balaban J connectivity index is 1.69. The molecule has 7 nitrogen and oxygen atoms in total. The van der Waals surface area contributed by atoms with E-state index in [4.69, 9.17) is 23.7 Å². The highest BCUT2D eigenvalue weighted by molar-refractivity contribution is 5.69. The Morgan fingerprint density at radius 2 is 1.79 bits per heavy atom. The van der Waals surface area contributed by atoms with Crippen LogP contribution in [0.15, 0.2) is 24.3 Å². The molecule has 7 heteroatoms. The van der Waals surface area contributed by atoms with Gasteiger partial charge in [0.25, 0.3) is 0 Å². The monoisotopic (exact) mass is 550 g/mol. The number of rotatable bonds is 16. The third kappa shape index (κ3) is 11.3. The van der Waals surface area contributed by atoms with Gasteiger partial charge in [-0.1, -0.05) is 51.0 Å². The fraction of sp³-hybridized carbons (Fsp3) is 0.844. The fourth-order valence-corrected chi connectivity index (χ4v) is 5.97. The van der Waals surface area contributed by atoms with Crippen LogP contribution >= 0.6 is 0 Å². The van der Waals surface area contributed by atoms with E-state index in [1.54, 1.807) is 0 Å². The summed E-state index contributed by atoms with van der Waals surface area (Å²) in [5.41, 5.74) is 0. The number of allylic oxidation sites excluding steroid dienone is 2. The van der Waals surface area contributed by atoms with Crippen molar-refractivity contribution in [2.45, 2.75) is 135 Å². The van der Waals surface area contributed by atoms with Gasteiger partial charge in [0.05, 0.1) is 25.4 Å². The van der Waals surface area contributed by atoms with E-state index in [-0.39, 0.29) is 42.6 Å². The lowest BCUT2D eigenvalue weighted by Crippen LogP contribution is -2.32. The van der Waals surface area contributed by atoms with E-state index in [0.29, 0.717) is 18.8 Å². The van der Waals surface area contributed by atoms with Crippen LogP contribution in [-0.4, -0.2) is 62.3 Å². The Hall–Kier alpha value is -1.25. The van der Waals surface area contributed by atoms with Crippen molar-refractivity contribution in [1.29, 1.82) is 0 Å². The number of methoxy groups -OCH3 is 1. The Morgan fingerprint density at radius 3 is 2.46 bits per heavy atom. The van der Waals surface area contributed by atoms with Gasteiger partial charge in [-0.25, -0.2) is 0 Å². The molecule has 2 aliphatic heterocycles. The van der Waals surface area contributed by atoms with E-state index in [1.165, 1.54) is 20.0 Å². The van der Waals surface area contributed by atoms with E-state index in [2.05, 4.69) is 38.2 Å². The zero-order valence-electron chi connectivity index (χ0n) is 24.6. The molecule has 3 aliphatic rings. The van der Waals surface area contributed by atoms with Crippen LogP contribution in [-0.2, 0) is 28.5 Å². The average Bonchev–Trinajstić information content (AvgIpc) is 3.25. The molecular weight excluding hydrogens is 496 g/mol. The molecule has 3 unspecified atom stereocenters. The highest BCUT2D eigenvalue weighted by atomic mass is 16.7. The lowest BCUT2D eigenvalue weighted by atomic mass is 9.88. The summed E-state index contributed by atoms with van der Waals surface area (Å²) in [5.74, 6) is 0.340. The number of carbonyl (C=O) groups excluding carboxylic acids is 1. The minimum Gasteiger partial charge on any atom is -0.469 e. The van der Waals surface area contributed by atoms with Gasteiger partial charge >= 0.3 is 5.97 Å². The molecule has 39 heavy (non-hydrogen) atoms. The minimum absolute atomic E-state index is 0.0292. The highest BCUT2D eigenvalue weighted by Gasteiger charge is 2.42. The second-order valence-electron chi connectivity index (χ2n) is 11.6. The average molecular weight is 551 g/mol. The Labute approximate surface area is 236 Å². The molecule has 1 N–H and O–H groups in total. The largest absolute Gasteiger partial charge is 0.469 e. The molecule has 0 aromatic heterocycles. The van der Waals surface area contributed by atoms with Gasteiger partial charge in [0, 0.05) is 32.0 Å². The van der Waals surface area contributed by atoms with Crippen LogP contribution in [0.2, 0.25) is 0 Å². The first-order chi connectivity index (χ1) is 19.0. The normalized spacial score (nSPS) is 31.6. The molecule has 0 radical (unpaired) electrons. The Bertz CT molecular complexity index is 726. The van der Waals surface area contributed by atoms with Crippen molar-refractivity contribution in [1.82, 2.24) is 0 Å². The molecule has 0 aromatic rings. The first kappa shape index (κ1) is 32.3. The third-order valence-electron chi connectivity index (χ3n) is 8.45. The molecule has 1 saturated carbocycles. The smallest absolute Gasteiger partial charge is 0.305 e. The van der Waals surface area contributed by atoms with Gasteiger partial charge in [-0.15, -0.1) is 0 Å². The van der Waals surface area contributed by atoms with E-state index in [9.17, 15) is 9.90 Å². The van der Waals surface area contributed by atoms with Crippen molar-refractivity contribution in [3.05, 3.63) is 24.3 Å². The number of ether oxygens (including phenoxy) is 5. The van der Waals surface area contributed by atoms with Crippen molar-refractivity contribution in [3.8, 4) is 0 Å². The van der Waals surface area contributed by atoms with Crippen LogP contribution in [0.1, 0.15) is 104 Å². The van der Waals surface area contributed by atoms with Gasteiger partial charge in [0.2, 0.25) is 0 Å². The SMILES string of the molecule is CCCCC(C)[C@@H](/C=C/[C@@H]1[C@@H](C/C=C\CCCC(=O)OC)[C@H](O)C[C@H]1OC1CCCCO1)OC1CCCCO1. The van der Waals surface area contributed by atoms with Gasteiger partial charge in [-0.05, 0) is 76.0 Å². The molecule has 3 rings (SSSR count). The van der Waals surface area contributed by atoms with Crippen LogP contribution in [0.5, 0.6) is 0 Å². The molecule has 2 saturated heterocycles. The summed E-state index contributed by atoms with van der Waals surface area (Å²) in [4.78, 5) is 11.4. The van der Waals surface area contributed by atoms with Crippen molar-refractivity contribution in [2.75, 3.05) is 20.3 Å². The lowest BCUT2D eigenvalue weighted by Gasteiger charge is -2.31. The molecule has 0 spiro atoms. The zero-order valence-corrected chi connectivity index (χ0v) is 24.6. The number of esters is 1. The van der Waals surface area contributed by atoms with Crippen molar-refractivity contribution in [3.63, 3.8) is 0 Å². The molecular formula is C32H54O7. The first-order valence-electron chi connectivity index (χ1n) is 15.6. The van der Waals surface area contributed by atoms with Crippen LogP contribution < -0.4 is 0 Å². The van der Waals surface area contributed by atoms with E-state index >= 15 is 0 Å². The molecule has 0 bridgehead atoms. The van der Waals surface area contributed by atoms with Gasteiger partial charge in [-0.3, -0.25) is 4.79 Å². The number of aliphatic hydroxyl groups excluding tert-OH is 1.